The number of hydrogen-bond acceptors (Lipinski definition) is 3. The molecule has 0 atom stereocenters. The highest BCUT2D eigenvalue weighted by Crippen LogP contribution is 2.22. The van der Waals surface area contributed by atoms with Crippen molar-refractivity contribution in [1.82, 2.24) is 0 Å². The third kappa shape index (κ3) is 2.05. The molecule has 0 aliphatic carbocycles. The predicted molar refractivity (Wildman–Crippen MR) is 59.8 cm³/mol. The third-order valence-corrected chi connectivity index (χ3v) is 2.13. The van der Waals surface area contributed by atoms with Gasteiger partial charge in [0, 0.05) is 37.5 Å². The molecule has 1 rings (SSSR count). The van der Waals surface area contributed by atoms with E-state index < -0.39 is 0 Å². The number of nitrogen functional groups attached to an aromatic ring is 1. The Morgan fingerprint density at radius 2 is 2.07 bits per heavy atom. The molecule has 0 heterocycles. The number of ketones is 1. The SMILES string of the molecule is CCC(=O)c1ccc(N)cc1N(C)C. The predicted octanol–water partition coefficient (Wildman–Crippen LogP) is 1.93. The lowest BCUT2D eigenvalue weighted by Crippen LogP contribution is -2.14. The Morgan fingerprint density at radius 3 is 2.57 bits per heavy atom. The Morgan fingerprint density at radius 1 is 1.43 bits per heavy atom. The number of hydrogen-bond donors (Lipinski definition) is 1. The summed E-state index contributed by atoms with van der Waals surface area (Å²) in [7, 11) is 3.81. The van der Waals surface area contributed by atoms with Crippen LogP contribution in [0.4, 0.5) is 11.4 Å². The first-order chi connectivity index (χ1) is 6.56. The number of benzene rings is 1. The van der Waals surface area contributed by atoms with Crippen LogP contribution >= 0.6 is 0 Å². The number of carbonyl (C=O) groups is 1. The van der Waals surface area contributed by atoms with Crippen molar-refractivity contribution < 1.29 is 4.79 Å². The zero-order valence-electron chi connectivity index (χ0n) is 8.87. The van der Waals surface area contributed by atoms with Gasteiger partial charge in [0.25, 0.3) is 0 Å². The summed E-state index contributed by atoms with van der Waals surface area (Å²) < 4.78 is 0. The lowest BCUT2D eigenvalue weighted by atomic mass is 10.1. The monoisotopic (exact) mass is 192 g/mol. The largest absolute Gasteiger partial charge is 0.399 e. The maximum absolute atomic E-state index is 11.6. The summed E-state index contributed by atoms with van der Waals surface area (Å²) in [6, 6.07) is 5.37. The number of nitrogens with zero attached hydrogens (tertiary/aromatic N) is 1. The lowest BCUT2D eigenvalue weighted by molar-refractivity contribution is 0.0988. The molecule has 0 amide bonds. The van der Waals surface area contributed by atoms with Crippen molar-refractivity contribution in [2.45, 2.75) is 13.3 Å². The van der Waals surface area contributed by atoms with Crippen LogP contribution in [-0.4, -0.2) is 19.9 Å². The van der Waals surface area contributed by atoms with E-state index in [2.05, 4.69) is 0 Å². The molecule has 0 radical (unpaired) electrons. The number of carbonyl (C=O) groups excluding carboxylic acids is 1. The Hall–Kier alpha value is -1.51. The van der Waals surface area contributed by atoms with Crippen molar-refractivity contribution in [2.24, 2.45) is 0 Å². The van der Waals surface area contributed by atoms with Crippen LogP contribution in [0.25, 0.3) is 0 Å². The van der Waals surface area contributed by atoms with Crippen molar-refractivity contribution in [3.63, 3.8) is 0 Å². The van der Waals surface area contributed by atoms with Crippen molar-refractivity contribution in [3.05, 3.63) is 23.8 Å². The molecule has 0 aliphatic rings. The molecule has 0 bridgehead atoms. The van der Waals surface area contributed by atoms with Crippen LogP contribution in [0.15, 0.2) is 18.2 Å². The fraction of sp³-hybridized carbons (Fsp3) is 0.364. The van der Waals surface area contributed by atoms with Gasteiger partial charge in [0.15, 0.2) is 5.78 Å². The molecule has 1 aromatic carbocycles. The summed E-state index contributed by atoms with van der Waals surface area (Å²) in [6.45, 7) is 1.86. The molecule has 2 N–H and O–H groups in total. The molecule has 3 heteroatoms. The first-order valence-electron chi connectivity index (χ1n) is 4.66. The number of anilines is 2. The second kappa shape index (κ2) is 4.13. The molecule has 0 unspecified atom stereocenters. The third-order valence-electron chi connectivity index (χ3n) is 2.13. The van der Waals surface area contributed by atoms with Gasteiger partial charge in [-0.15, -0.1) is 0 Å². The van der Waals surface area contributed by atoms with E-state index in [1.54, 1.807) is 12.1 Å². The highest BCUT2D eigenvalue weighted by atomic mass is 16.1. The van der Waals surface area contributed by atoms with Gasteiger partial charge in [-0.3, -0.25) is 4.79 Å². The topological polar surface area (TPSA) is 46.3 Å². The van der Waals surface area contributed by atoms with E-state index in [-0.39, 0.29) is 5.78 Å². The van der Waals surface area contributed by atoms with Gasteiger partial charge in [-0.1, -0.05) is 6.92 Å². The van der Waals surface area contributed by atoms with Gasteiger partial charge >= 0.3 is 0 Å². The minimum atomic E-state index is 0.147. The van der Waals surface area contributed by atoms with Crippen molar-refractivity contribution >= 4 is 17.2 Å². The van der Waals surface area contributed by atoms with E-state index in [0.717, 1.165) is 11.3 Å². The number of nitrogens with two attached hydrogens (primary N) is 1. The van der Waals surface area contributed by atoms with E-state index in [4.69, 9.17) is 5.73 Å². The van der Waals surface area contributed by atoms with Gasteiger partial charge in [0.2, 0.25) is 0 Å². The Labute approximate surface area is 84.5 Å². The maximum Gasteiger partial charge on any atom is 0.164 e. The molecule has 0 saturated heterocycles. The van der Waals surface area contributed by atoms with Crippen LogP contribution in [-0.2, 0) is 0 Å². The molecule has 0 aromatic heterocycles. The zero-order valence-corrected chi connectivity index (χ0v) is 8.87. The summed E-state index contributed by atoms with van der Waals surface area (Å²) in [5.41, 5.74) is 7.98. The second-order valence-corrected chi connectivity index (χ2v) is 3.45. The normalized spacial score (nSPS) is 9.93. The molecule has 14 heavy (non-hydrogen) atoms. The second-order valence-electron chi connectivity index (χ2n) is 3.45. The highest BCUT2D eigenvalue weighted by Gasteiger charge is 2.10. The van der Waals surface area contributed by atoms with E-state index in [1.165, 1.54) is 0 Å². The average molecular weight is 192 g/mol. The summed E-state index contributed by atoms with van der Waals surface area (Å²) >= 11 is 0. The van der Waals surface area contributed by atoms with Gasteiger partial charge in [-0.05, 0) is 18.2 Å². The van der Waals surface area contributed by atoms with E-state index in [0.29, 0.717) is 12.1 Å². The average Bonchev–Trinajstić information content (AvgIpc) is 2.16. The van der Waals surface area contributed by atoms with Crippen molar-refractivity contribution in [1.29, 1.82) is 0 Å². The minimum Gasteiger partial charge on any atom is -0.399 e. The standard InChI is InChI=1S/C11H16N2O/c1-4-11(14)9-6-5-8(12)7-10(9)13(2)3/h5-7H,4,12H2,1-3H3. The Kier molecular flexibility index (Phi) is 3.12. The van der Waals surface area contributed by atoms with Gasteiger partial charge in [0.05, 0.1) is 0 Å². The van der Waals surface area contributed by atoms with Crippen LogP contribution in [0.5, 0.6) is 0 Å². The summed E-state index contributed by atoms with van der Waals surface area (Å²) in [5.74, 6) is 0.147. The summed E-state index contributed by atoms with van der Waals surface area (Å²) in [4.78, 5) is 13.5. The Bertz CT molecular complexity index is 345. The molecule has 0 spiro atoms. The number of Topliss-reactive ketones (excluding diaryl/α,β-unsaturated/α-hetero) is 1. The van der Waals surface area contributed by atoms with Crippen LogP contribution in [0, 0.1) is 0 Å². The van der Waals surface area contributed by atoms with E-state index in [9.17, 15) is 4.79 Å². The molecule has 3 nitrogen and oxygen atoms in total. The molecular formula is C11H16N2O. The van der Waals surface area contributed by atoms with Gasteiger partial charge in [-0.25, -0.2) is 0 Å². The first kappa shape index (κ1) is 10.6. The van der Waals surface area contributed by atoms with E-state index in [1.807, 2.05) is 32.0 Å². The molecule has 0 aliphatic heterocycles. The summed E-state index contributed by atoms with van der Waals surface area (Å²) in [6.07, 6.45) is 0.519. The van der Waals surface area contributed by atoms with Crippen LogP contribution in [0.1, 0.15) is 23.7 Å². The van der Waals surface area contributed by atoms with Gasteiger partial charge < -0.3 is 10.6 Å². The fourth-order valence-corrected chi connectivity index (χ4v) is 1.34. The highest BCUT2D eigenvalue weighted by molar-refractivity contribution is 6.01. The summed E-state index contributed by atoms with van der Waals surface area (Å²) in [5, 5.41) is 0. The first-order valence-corrected chi connectivity index (χ1v) is 4.66. The fourth-order valence-electron chi connectivity index (χ4n) is 1.34. The quantitative estimate of drug-likeness (QED) is 0.588. The Balaban J connectivity index is 3.21. The van der Waals surface area contributed by atoms with Crippen LogP contribution in [0.2, 0.25) is 0 Å². The molecule has 0 saturated carbocycles. The van der Waals surface area contributed by atoms with Gasteiger partial charge in [0.1, 0.15) is 0 Å². The zero-order chi connectivity index (χ0) is 10.7. The maximum atomic E-state index is 11.6. The molecule has 1 aromatic rings. The number of rotatable bonds is 3. The molecular weight excluding hydrogens is 176 g/mol. The smallest absolute Gasteiger partial charge is 0.164 e. The van der Waals surface area contributed by atoms with E-state index >= 15 is 0 Å². The van der Waals surface area contributed by atoms with Crippen LogP contribution < -0.4 is 10.6 Å². The molecule has 76 valence electrons. The van der Waals surface area contributed by atoms with Crippen molar-refractivity contribution in [2.75, 3.05) is 24.7 Å². The van der Waals surface area contributed by atoms with Crippen LogP contribution in [0.3, 0.4) is 0 Å². The van der Waals surface area contributed by atoms with Gasteiger partial charge in [-0.2, -0.15) is 0 Å². The lowest BCUT2D eigenvalue weighted by Gasteiger charge is -2.16. The van der Waals surface area contributed by atoms with Crippen molar-refractivity contribution in [3.8, 4) is 0 Å². The molecule has 0 fully saturated rings. The minimum absolute atomic E-state index is 0.147.